The van der Waals surface area contributed by atoms with Crippen LogP contribution in [-0.2, 0) is 13.1 Å². The maximum Gasteiger partial charge on any atom is 0.124 e. The minimum absolute atomic E-state index is 0.324. The average Bonchev–Trinajstić information content (AvgIpc) is 2.98. The molecule has 2 heterocycles. The molecule has 0 aliphatic carbocycles. The molecule has 0 bridgehead atoms. The lowest BCUT2D eigenvalue weighted by Crippen LogP contribution is -2.27. The Kier molecular flexibility index (Phi) is 4.22. The number of hydrogen-bond acceptors (Lipinski definition) is 3. The molecule has 0 radical (unpaired) electrons. The average molecular weight is 321 g/mol. The number of hydrogen-bond donors (Lipinski definition) is 1. The first-order chi connectivity index (χ1) is 11.9. The molecule has 124 valence electrons. The molecule has 1 aromatic heterocycles. The van der Waals surface area contributed by atoms with E-state index in [1.54, 1.807) is 0 Å². The Morgan fingerprint density at radius 2 is 2.00 bits per heavy atom. The molecular weight excluding hydrogens is 298 g/mol. The number of ether oxygens (including phenoxy) is 1. The second-order valence-corrected chi connectivity index (χ2v) is 6.28. The number of aromatic nitrogens is 2. The summed E-state index contributed by atoms with van der Waals surface area (Å²) >= 11 is 0. The molecule has 1 aliphatic heterocycles. The number of rotatable bonds is 5. The summed E-state index contributed by atoms with van der Waals surface area (Å²) in [7, 11) is 0. The lowest BCUT2D eigenvalue weighted by atomic mass is 10.0. The highest BCUT2D eigenvalue weighted by molar-refractivity contribution is 5.75. The lowest BCUT2D eigenvalue weighted by Gasteiger charge is -2.26. The van der Waals surface area contributed by atoms with Crippen molar-refractivity contribution in [3.05, 3.63) is 59.9 Å². The van der Waals surface area contributed by atoms with E-state index >= 15 is 0 Å². The molecule has 1 unspecified atom stereocenters. The zero-order chi connectivity index (χ0) is 16.4. The van der Waals surface area contributed by atoms with Gasteiger partial charge in [-0.25, -0.2) is 4.98 Å². The molecule has 0 spiro atoms. The van der Waals surface area contributed by atoms with E-state index in [2.05, 4.69) is 59.3 Å². The van der Waals surface area contributed by atoms with Crippen LogP contribution in [0.25, 0.3) is 11.0 Å². The number of fused-ring (bicyclic) bond motifs is 2. The molecule has 0 amide bonds. The molecule has 4 heteroatoms. The van der Waals surface area contributed by atoms with Gasteiger partial charge in [0.15, 0.2) is 0 Å². The van der Waals surface area contributed by atoms with Gasteiger partial charge >= 0.3 is 0 Å². The van der Waals surface area contributed by atoms with Crippen LogP contribution in [-0.4, -0.2) is 16.2 Å². The predicted octanol–water partition coefficient (Wildman–Crippen LogP) is 4.06. The number of benzene rings is 2. The minimum Gasteiger partial charge on any atom is -0.493 e. The van der Waals surface area contributed by atoms with Gasteiger partial charge in [0.1, 0.15) is 11.6 Å². The van der Waals surface area contributed by atoms with Crippen LogP contribution in [0.15, 0.2) is 48.5 Å². The Morgan fingerprint density at radius 1 is 1.17 bits per heavy atom. The van der Waals surface area contributed by atoms with Crippen molar-refractivity contribution in [1.29, 1.82) is 0 Å². The van der Waals surface area contributed by atoms with E-state index in [9.17, 15) is 0 Å². The molecule has 0 fully saturated rings. The van der Waals surface area contributed by atoms with Crippen molar-refractivity contribution in [2.24, 2.45) is 0 Å². The third-order valence-corrected chi connectivity index (χ3v) is 4.65. The second-order valence-electron chi connectivity index (χ2n) is 6.28. The summed E-state index contributed by atoms with van der Waals surface area (Å²) in [6.45, 7) is 4.75. The molecule has 1 N–H and O–H groups in total. The Hall–Kier alpha value is -2.33. The second kappa shape index (κ2) is 6.65. The first-order valence-corrected chi connectivity index (χ1v) is 8.76. The Bertz CT molecular complexity index is 840. The van der Waals surface area contributed by atoms with Gasteiger partial charge in [-0.3, -0.25) is 0 Å². The van der Waals surface area contributed by atoms with E-state index in [-0.39, 0.29) is 0 Å². The van der Waals surface area contributed by atoms with E-state index in [1.165, 1.54) is 11.1 Å². The Labute approximate surface area is 142 Å². The SMILES string of the molecule is CCCn1c(CNC2CCOc3ccccc32)nc2ccccc21. The molecule has 2 aromatic carbocycles. The third-order valence-electron chi connectivity index (χ3n) is 4.65. The van der Waals surface area contributed by atoms with Crippen LogP contribution in [0, 0.1) is 0 Å². The quantitative estimate of drug-likeness (QED) is 0.770. The van der Waals surface area contributed by atoms with Gasteiger partial charge in [-0.05, 0) is 24.6 Å². The van der Waals surface area contributed by atoms with Crippen LogP contribution >= 0.6 is 0 Å². The number of nitrogens with zero attached hydrogens (tertiary/aromatic N) is 2. The summed E-state index contributed by atoms with van der Waals surface area (Å²) in [5.74, 6) is 2.12. The van der Waals surface area contributed by atoms with Gasteiger partial charge in [-0.15, -0.1) is 0 Å². The summed E-state index contributed by atoms with van der Waals surface area (Å²) in [5.41, 5.74) is 3.56. The number of para-hydroxylation sites is 3. The smallest absolute Gasteiger partial charge is 0.124 e. The minimum atomic E-state index is 0.324. The van der Waals surface area contributed by atoms with Gasteiger partial charge < -0.3 is 14.6 Å². The number of aryl methyl sites for hydroxylation is 1. The zero-order valence-electron chi connectivity index (χ0n) is 14.0. The van der Waals surface area contributed by atoms with Crippen molar-refractivity contribution in [2.75, 3.05) is 6.61 Å². The summed E-state index contributed by atoms with van der Waals surface area (Å²) in [6.07, 6.45) is 2.10. The van der Waals surface area contributed by atoms with E-state index < -0.39 is 0 Å². The van der Waals surface area contributed by atoms with E-state index in [4.69, 9.17) is 9.72 Å². The van der Waals surface area contributed by atoms with Crippen LogP contribution < -0.4 is 10.1 Å². The molecule has 0 saturated heterocycles. The predicted molar refractivity (Wildman–Crippen MR) is 96.2 cm³/mol. The first-order valence-electron chi connectivity index (χ1n) is 8.76. The lowest BCUT2D eigenvalue weighted by molar-refractivity contribution is 0.251. The fourth-order valence-electron chi connectivity index (χ4n) is 3.50. The summed E-state index contributed by atoms with van der Waals surface area (Å²) in [5, 5.41) is 3.69. The van der Waals surface area contributed by atoms with Gasteiger partial charge in [-0.2, -0.15) is 0 Å². The fraction of sp³-hybridized carbons (Fsp3) is 0.350. The van der Waals surface area contributed by atoms with Crippen LogP contribution in [0.3, 0.4) is 0 Å². The number of nitrogens with one attached hydrogen (secondary N) is 1. The Morgan fingerprint density at radius 3 is 2.92 bits per heavy atom. The molecular formula is C20H23N3O. The maximum atomic E-state index is 5.76. The van der Waals surface area contributed by atoms with Crippen LogP contribution in [0.1, 0.15) is 37.2 Å². The van der Waals surface area contributed by atoms with E-state index in [0.29, 0.717) is 6.04 Å². The van der Waals surface area contributed by atoms with E-state index in [0.717, 1.165) is 49.6 Å². The van der Waals surface area contributed by atoms with E-state index in [1.807, 2.05) is 6.07 Å². The van der Waals surface area contributed by atoms with Gasteiger partial charge in [0, 0.05) is 24.6 Å². The van der Waals surface area contributed by atoms with Crippen molar-refractivity contribution in [3.63, 3.8) is 0 Å². The molecule has 24 heavy (non-hydrogen) atoms. The molecule has 1 aliphatic rings. The highest BCUT2D eigenvalue weighted by Gasteiger charge is 2.21. The van der Waals surface area contributed by atoms with Gasteiger partial charge in [-0.1, -0.05) is 37.3 Å². The highest BCUT2D eigenvalue weighted by atomic mass is 16.5. The highest BCUT2D eigenvalue weighted by Crippen LogP contribution is 2.31. The van der Waals surface area contributed by atoms with Crippen molar-refractivity contribution < 1.29 is 4.74 Å². The zero-order valence-corrected chi connectivity index (χ0v) is 14.0. The van der Waals surface area contributed by atoms with Crippen LogP contribution in [0.2, 0.25) is 0 Å². The Balaban J connectivity index is 1.58. The van der Waals surface area contributed by atoms with Crippen LogP contribution in [0.5, 0.6) is 5.75 Å². The molecule has 1 atom stereocenters. The summed E-state index contributed by atoms with van der Waals surface area (Å²) < 4.78 is 8.10. The maximum absolute atomic E-state index is 5.76. The molecule has 0 saturated carbocycles. The van der Waals surface area contributed by atoms with Crippen LogP contribution in [0.4, 0.5) is 0 Å². The van der Waals surface area contributed by atoms with Crippen molar-refractivity contribution in [2.45, 2.75) is 38.9 Å². The summed E-state index contributed by atoms with van der Waals surface area (Å²) in [6, 6.07) is 17.0. The van der Waals surface area contributed by atoms with Crippen molar-refractivity contribution in [3.8, 4) is 5.75 Å². The topological polar surface area (TPSA) is 39.1 Å². The molecule has 4 rings (SSSR count). The third kappa shape index (κ3) is 2.78. The standard InChI is InChI=1S/C20H23N3O/c1-2-12-23-18-9-5-4-8-17(18)22-20(23)14-21-16-11-13-24-19-10-6-3-7-15(16)19/h3-10,16,21H,2,11-14H2,1H3. The van der Waals surface area contributed by atoms with Gasteiger partial charge in [0.05, 0.1) is 24.2 Å². The number of imidazole rings is 1. The first kappa shape index (κ1) is 15.2. The molecule has 4 nitrogen and oxygen atoms in total. The van der Waals surface area contributed by atoms with Gasteiger partial charge in [0.2, 0.25) is 0 Å². The van der Waals surface area contributed by atoms with Crippen molar-refractivity contribution in [1.82, 2.24) is 14.9 Å². The van der Waals surface area contributed by atoms with Crippen molar-refractivity contribution >= 4 is 11.0 Å². The van der Waals surface area contributed by atoms with Gasteiger partial charge in [0.25, 0.3) is 0 Å². The molecule has 3 aromatic rings. The normalized spacial score (nSPS) is 16.8. The monoisotopic (exact) mass is 321 g/mol. The largest absolute Gasteiger partial charge is 0.493 e. The summed E-state index contributed by atoms with van der Waals surface area (Å²) in [4.78, 5) is 4.84. The fourth-order valence-corrected chi connectivity index (χ4v) is 3.50.